The van der Waals surface area contributed by atoms with Crippen LogP contribution in [0.5, 0.6) is 0 Å². The second-order valence-electron chi connectivity index (χ2n) is 7.62. The summed E-state index contributed by atoms with van der Waals surface area (Å²) in [6.07, 6.45) is -8.01. The molecular weight excluding hydrogens is 507 g/mol. The van der Waals surface area contributed by atoms with E-state index in [9.17, 15) is 53.3 Å². The van der Waals surface area contributed by atoms with Crippen molar-refractivity contribution in [3.63, 3.8) is 0 Å². The van der Waals surface area contributed by atoms with Gasteiger partial charge in [-0.25, -0.2) is 13.2 Å². The minimum atomic E-state index is -6.72. The fourth-order valence-corrected chi connectivity index (χ4v) is 3.38. The number of carbonyl (C=O) groups excluding carboxylic acids is 2. The number of carbonyl (C=O) groups is 2. The molecule has 0 N–H and O–H groups in total. The number of alkyl halides is 7. The number of nitrogens with zero attached hydrogens (tertiary/aromatic N) is 1. The first-order chi connectivity index (χ1) is 15.3. The molecule has 1 aliphatic rings. The van der Waals surface area contributed by atoms with E-state index in [0.717, 1.165) is 11.8 Å². The van der Waals surface area contributed by atoms with E-state index in [-0.39, 0.29) is 13.1 Å². The molecule has 1 atom stereocenters. The van der Waals surface area contributed by atoms with Gasteiger partial charge in [0.2, 0.25) is 0 Å². The van der Waals surface area contributed by atoms with Gasteiger partial charge in [-0.05, 0) is 39.0 Å². The van der Waals surface area contributed by atoms with Crippen LogP contribution in [0.3, 0.4) is 0 Å². The summed E-state index contributed by atoms with van der Waals surface area (Å²) < 4.78 is 135. The Morgan fingerprint density at radius 1 is 1.00 bits per heavy atom. The zero-order chi connectivity index (χ0) is 26.6. The van der Waals surface area contributed by atoms with Crippen LogP contribution in [0.2, 0.25) is 0 Å². The topological polar surface area (TPSA) is 113 Å². The van der Waals surface area contributed by atoms with Crippen LogP contribution in [0.25, 0.3) is 0 Å². The molecule has 34 heavy (non-hydrogen) atoms. The Bertz CT molecular complexity index is 870. The third kappa shape index (κ3) is 6.59. The Kier molecular flexibility index (Phi) is 9.53. The SMILES string of the molecule is C=C(C)C(=O)OC(OCCCCC(F)(F)C(F)(F)S(=O)(=O)[O-])(C(=O)N1CCCCC1)C(F)(F)F. The molecule has 0 aromatic rings. The van der Waals surface area contributed by atoms with Crippen molar-refractivity contribution in [2.75, 3.05) is 19.7 Å². The second kappa shape index (κ2) is 10.8. The van der Waals surface area contributed by atoms with E-state index in [1.807, 2.05) is 0 Å². The van der Waals surface area contributed by atoms with Gasteiger partial charge in [0.1, 0.15) is 0 Å². The molecule has 0 bridgehead atoms. The fourth-order valence-electron chi connectivity index (χ4n) is 2.91. The van der Waals surface area contributed by atoms with E-state index < -0.39 is 76.6 Å². The van der Waals surface area contributed by atoms with Gasteiger partial charge in [0.15, 0.2) is 10.1 Å². The van der Waals surface area contributed by atoms with Crippen molar-refractivity contribution < 1.29 is 62.8 Å². The van der Waals surface area contributed by atoms with Gasteiger partial charge in [0.05, 0.1) is 6.61 Å². The highest BCUT2D eigenvalue weighted by Gasteiger charge is 2.67. The van der Waals surface area contributed by atoms with E-state index >= 15 is 0 Å². The van der Waals surface area contributed by atoms with E-state index in [1.54, 1.807) is 0 Å². The maximum absolute atomic E-state index is 14.0. The highest BCUT2D eigenvalue weighted by Crippen LogP contribution is 2.42. The summed E-state index contributed by atoms with van der Waals surface area (Å²) in [4.78, 5) is 25.4. The highest BCUT2D eigenvalue weighted by molar-refractivity contribution is 7.86. The molecule has 0 saturated carbocycles. The van der Waals surface area contributed by atoms with E-state index in [2.05, 4.69) is 16.1 Å². The first-order valence-electron chi connectivity index (χ1n) is 9.90. The van der Waals surface area contributed by atoms with Crippen LogP contribution >= 0.6 is 0 Å². The number of amides is 1. The number of rotatable bonds is 11. The highest BCUT2D eigenvalue weighted by atomic mass is 32.2. The molecule has 16 heteroatoms. The van der Waals surface area contributed by atoms with Crippen LogP contribution in [-0.2, 0) is 29.2 Å². The third-order valence-corrected chi connectivity index (χ3v) is 5.74. The van der Waals surface area contributed by atoms with E-state index in [4.69, 9.17) is 0 Å². The average Bonchev–Trinajstić information content (AvgIpc) is 2.70. The lowest BCUT2D eigenvalue weighted by Crippen LogP contribution is -2.63. The molecule has 0 radical (unpaired) electrons. The van der Waals surface area contributed by atoms with Gasteiger partial charge in [-0.1, -0.05) is 6.58 Å². The van der Waals surface area contributed by atoms with Crippen molar-refractivity contribution in [1.29, 1.82) is 0 Å². The molecule has 8 nitrogen and oxygen atoms in total. The normalized spacial score (nSPS) is 17.7. The van der Waals surface area contributed by atoms with Crippen LogP contribution in [-0.4, -0.2) is 72.6 Å². The van der Waals surface area contributed by atoms with Gasteiger partial charge in [0.25, 0.3) is 0 Å². The summed E-state index contributed by atoms with van der Waals surface area (Å²) in [5.74, 6) is -12.9. The summed E-state index contributed by atoms with van der Waals surface area (Å²) >= 11 is 0. The van der Waals surface area contributed by atoms with Crippen molar-refractivity contribution in [1.82, 2.24) is 4.90 Å². The van der Waals surface area contributed by atoms with Crippen molar-refractivity contribution in [2.45, 2.75) is 68.6 Å². The number of hydrogen-bond donors (Lipinski definition) is 0. The molecule has 1 aliphatic heterocycles. The van der Waals surface area contributed by atoms with Gasteiger partial charge in [0, 0.05) is 25.1 Å². The first-order valence-corrected chi connectivity index (χ1v) is 11.3. The predicted molar refractivity (Wildman–Crippen MR) is 99.5 cm³/mol. The molecule has 0 spiro atoms. The lowest BCUT2D eigenvalue weighted by molar-refractivity contribution is -0.350. The Morgan fingerprint density at radius 2 is 1.53 bits per heavy atom. The lowest BCUT2D eigenvalue weighted by Gasteiger charge is -2.38. The zero-order valence-electron chi connectivity index (χ0n) is 17.9. The number of ether oxygens (including phenoxy) is 2. The van der Waals surface area contributed by atoms with E-state index in [0.29, 0.717) is 19.3 Å². The molecule has 1 rings (SSSR count). The standard InChI is InChI=1S/C18H24F7NO7S/c1-12(2)13(27)33-16(17(21,22)23,14(28)26-9-5-3-6-10-26)32-11-7-4-8-15(19,20)18(24,25)34(29,30)31/h1,3-11H2,2H3,(H,29,30,31)/p-1. The summed E-state index contributed by atoms with van der Waals surface area (Å²) in [5.41, 5.74) is -0.510. The quantitative estimate of drug-likeness (QED) is 0.101. The Hall–Kier alpha value is -1.94. The van der Waals surface area contributed by atoms with Gasteiger partial charge in [-0.15, -0.1) is 0 Å². The lowest BCUT2D eigenvalue weighted by atomic mass is 10.1. The van der Waals surface area contributed by atoms with Gasteiger partial charge >= 0.3 is 35.0 Å². The third-order valence-electron chi connectivity index (χ3n) is 4.81. The minimum absolute atomic E-state index is 0.102. The summed E-state index contributed by atoms with van der Waals surface area (Å²) in [5, 5.41) is -5.95. The number of esters is 1. The van der Waals surface area contributed by atoms with Crippen molar-refractivity contribution >= 4 is 22.0 Å². The van der Waals surface area contributed by atoms with Gasteiger partial charge < -0.3 is 18.9 Å². The number of halogens is 7. The molecule has 0 aromatic heterocycles. The zero-order valence-corrected chi connectivity index (χ0v) is 18.7. The maximum Gasteiger partial charge on any atom is 0.466 e. The number of likely N-dealkylation sites (tertiary alicyclic amines) is 1. The average molecular weight is 530 g/mol. The summed E-state index contributed by atoms with van der Waals surface area (Å²) in [6, 6.07) is 0. The minimum Gasteiger partial charge on any atom is -0.743 e. The largest absolute Gasteiger partial charge is 0.743 e. The smallest absolute Gasteiger partial charge is 0.466 e. The number of piperidine rings is 1. The predicted octanol–water partition coefficient (Wildman–Crippen LogP) is 3.34. The molecule has 1 unspecified atom stereocenters. The maximum atomic E-state index is 14.0. The second-order valence-corrected chi connectivity index (χ2v) is 9.04. The van der Waals surface area contributed by atoms with Crippen molar-refractivity contribution in [3.8, 4) is 0 Å². The molecule has 1 saturated heterocycles. The van der Waals surface area contributed by atoms with Gasteiger partial charge in [-0.3, -0.25) is 4.79 Å². The molecule has 0 aliphatic carbocycles. The fraction of sp³-hybridized carbons (Fsp3) is 0.778. The van der Waals surface area contributed by atoms with E-state index in [1.165, 1.54) is 0 Å². The van der Waals surface area contributed by atoms with Crippen LogP contribution in [0.15, 0.2) is 12.2 Å². The van der Waals surface area contributed by atoms with Crippen LogP contribution in [0.4, 0.5) is 30.7 Å². The molecule has 1 fully saturated rings. The van der Waals surface area contributed by atoms with Crippen LogP contribution < -0.4 is 0 Å². The summed E-state index contributed by atoms with van der Waals surface area (Å²) in [6.45, 7) is 2.75. The number of hydrogen-bond acceptors (Lipinski definition) is 7. The van der Waals surface area contributed by atoms with Gasteiger partial charge in [-0.2, -0.15) is 30.7 Å². The Labute approximate surface area is 190 Å². The molecular formula is C18H23F7NO7S-. The Morgan fingerprint density at radius 3 is 1.97 bits per heavy atom. The molecule has 1 amide bonds. The van der Waals surface area contributed by atoms with Crippen molar-refractivity contribution in [3.05, 3.63) is 12.2 Å². The van der Waals surface area contributed by atoms with Crippen LogP contribution in [0.1, 0.15) is 45.4 Å². The Balaban J connectivity index is 3.05. The number of unbranched alkanes of at least 4 members (excludes halogenated alkanes) is 1. The molecule has 198 valence electrons. The first kappa shape index (κ1) is 30.1. The molecule has 1 heterocycles. The van der Waals surface area contributed by atoms with Crippen LogP contribution in [0, 0.1) is 0 Å². The van der Waals surface area contributed by atoms with Crippen molar-refractivity contribution in [2.24, 2.45) is 0 Å². The molecule has 0 aromatic carbocycles. The summed E-state index contributed by atoms with van der Waals surface area (Å²) in [7, 11) is -6.72. The monoisotopic (exact) mass is 530 g/mol.